The van der Waals surface area contributed by atoms with Crippen molar-refractivity contribution in [3.05, 3.63) is 42.5 Å². The molecule has 2 N–H and O–H groups in total. The lowest BCUT2D eigenvalue weighted by Crippen LogP contribution is -2.42. The number of nitrogens with zero attached hydrogens (tertiary/aromatic N) is 1. The number of hydrogen-bond acceptors (Lipinski definition) is 3. The summed E-state index contributed by atoms with van der Waals surface area (Å²) in [4.78, 5) is 0. The van der Waals surface area contributed by atoms with Crippen LogP contribution in [0.2, 0.25) is 0 Å². The van der Waals surface area contributed by atoms with Crippen molar-refractivity contribution in [2.75, 3.05) is 6.61 Å². The summed E-state index contributed by atoms with van der Waals surface area (Å²) in [6.07, 6.45) is 4.14. The van der Waals surface area contributed by atoms with E-state index in [2.05, 4.69) is 18.2 Å². The van der Waals surface area contributed by atoms with Crippen LogP contribution in [-0.4, -0.2) is 17.7 Å². The largest absolute Gasteiger partial charge is 0.412 e. The molecule has 0 unspecified atom stereocenters. The standard InChI is InChI=1S/C16H18NO2P.H2O/c1-12-8-9-13-10-19-20(18,14-6-4-3-5-7-14)15(13)16(12,2)11-17;/h3-9,12-13,15H,10H2,1-2H3;1H2/t12-,13-,15-,16-,20-;/m0./s1. The summed E-state index contributed by atoms with van der Waals surface area (Å²) in [6.45, 7) is 4.38. The van der Waals surface area contributed by atoms with Crippen molar-refractivity contribution >= 4 is 12.7 Å². The Morgan fingerprint density at radius 3 is 2.62 bits per heavy atom. The molecule has 1 aliphatic heterocycles. The van der Waals surface area contributed by atoms with E-state index in [-0.39, 0.29) is 23.0 Å². The quantitative estimate of drug-likeness (QED) is 0.590. The molecule has 2 aliphatic rings. The lowest BCUT2D eigenvalue weighted by molar-refractivity contribution is 0.262. The highest BCUT2D eigenvalue weighted by molar-refractivity contribution is 7.68. The van der Waals surface area contributed by atoms with Crippen LogP contribution in [0.15, 0.2) is 42.5 Å². The van der Waals surface area contributed by atoms with Gasteiger partial charge in [-0.2, -0.15) is 5.26 Å². The van der Waals surface area contributed by atoms with Gasteiger partial charge in [0.25, 0.3) is 0 Å². The molecule has 0 amide bonds. The Morgan fingerprint density at radius 2 is 2.00 bits per heavy atom. The Kier molecular flexibility index (Phi) is 4.13. The molecule has 0 radical (unpaired) electrons. The number of benzene rings is 1. The molecule has 0 bridgehead atoms. The Labute approximate surface area is 125 Å². The average molecular weight is 305 g/mol. The molecule has 0 spiro atoms. The maximum Gasteiger partial charge on any atom is 0.237 e. The number of rotatable bonds is 1. The van der Waals surface area contributed by atoms with Gasteiger partial charge in [-0.25, -0.2) is 0 Å². The number of allylic oxidation sites excluding steroid dienone is 1. The summed E-state index contributed by atoms with van der Waals surface area (Å²) in [5.41, 5.74) is -0.899. The van der Waals surface area contributed by atoms with Crippen LogP contribution in [0.4, 0.5) is 0 Å². The van der Waals surface area contributed by atoms with Crippen LogP contribution in [-0.2, 0) is 9.09 Å². The Bertz CT molecular complexity index is 637. The molecule has 1 aromatic carbocycles. The summed E-state index contributed by atoms with van der Waals surface area (Å²) >= 11 is 0. The molecule has 3 rings (SSSR count). The van der Waals surface area contributed by atoms with Gasteiger partial charge in [-0.15, -0.1) is 0 Å². The first-order valence-electron chi connectivity index (χ1n) is 6.92. The van der Waals surface area contributed by atoms with Gasteiger partial charge in [0, 0.05) is 11.2 Å². The maximum atomic E-state index is 13.5. The summed E-state index contributed by atoms with van der Waals surface area (Å²) in [6, 6.07) is 11.8. The van der Waals surface area contributed by atoms with Crippen molar-refractivity contribution < 1.29 is 14.6 Å². The van der Waals surface area contributed by atoms with Crippen LogP contribution < -0.4 is 5.30 Å². The Balaban J connectivity index is 0.00000161. The van der Waals surface area contributed by atoms with Gasteiger partial charge in [0.15, 0.2) is 0 Å². The highest BCUT2D eigenvalue weighted by Crippen LogP contribution is 2.66. The van der Waals surface area contributed by atoms with Crippen molar-refractivity contribution in [2.24, 2.45) is 17.3 Å². The van der Waals surface area contributed by atoms with E-state index in [1.54, 1.807) is 0 Å². The van der Waals surface area contributed by atoms with Gasteiger partial charge in [0.1, 0.15) is 0 Å². The Morgan fingerprint density at radius 1 is 1.33 bits per heavy atom. The maximum absolute atomic E-state index is 13.5. The fourth-order valence-corrected chi connectivity index (χ4v) is 6.70. The van der Waals surface area contributed by atoms with Crippen LogP contribution in [0.25, 0.3) is 0 Å². The molecular weight excluding hydrogens is 285 g/mol. The molecule has 1 saturated heterocycles. The topological polar surface area (TPSA) is 81.6 Å². The molecular formula is C16H20NO3P. The summed E-state index contributed by atoms with van der Waals surface area (Å²) in [5.74, 6) is 0.148. The van der Waals surface area contributed by atoms with Gasteiger partial charge in [-0.3, -0.25) is 4.57 Å². The molecule has 0 saturated carbocycles. The molecule has 21 heavy (non-hydrogen) atoms. The molecule has 1 fully saturated rings. The first kappa shape index (κ1) is 16.0. The first-order chi connectivity index (χ1) is 9.52. The third-order valence-electron chi connectivity index (χ3n) is 4.79. The number of fused-ring (bicyclic) bond motifs is 1. The predicted molar refractivity (Wildman–Crippen MR) is 82.6 cm³/mol. The van der Waals surface area contributed by atoms with E-state index in [4.69, 9.17) is 4.52 Å². The molecule has 5 heteroatoms. The van der Waals surface area contributed by atoms with E-state index in [1.807, 2.05) is 44.2 Å². The zero-order valence-electron chi connectivity index (χ0n) is 12.2. The van der Waals surface area contributed by atoms with Crippen LogP contribution in [0, 0.1) is 28.6 Å². The van der Waals surface area contributed by atoms with Crippen molar-refractivity contribution in [3.63, 3.8) is 0 Å². The lowest BCUT2D eigenvalue weighted by Gasteiger charge is -2.40. The van der Waals surface area contributed by atoms with Gasteiger partial charge in [0.2, 0.25) is 7.37 Å². The van der Waals surface area contributed by atoms with Crippen LogP contribution in [0.3, 0.4) is 0 Å². The zero-order chi connectivity index (χ0) is 14.4. The third kappa shape index (κ3) is 2.17. The molecule has 1 aromatic rings. The van der Waals surface area contributed by atoms with Crippen molar-refractivity contribution in [2.45, 2.75) is 19.5 Å². The van der Waals surface area contributed by atoms with Crippen molar-refractivity contribution in [1.29, 1.82) is 5.26 Å². The van der Waals surface area contributed by atoms with E-state index >= 15 is 0 Å². The average Bonchev–Trinajstić information content (AvgIpc) is 2.84. The van der Waals surface area contributed by atoms with E-state index in [0.29, 0.717) is 6.61 Å². The van der Waals surface area contributed by atoms with Gasteiger partial charge < -0.3 is 10.00 Å². The highest BCUT2D eigenvalue weighted by atomic mass is 31.2. The molecule has 1 heterocycles. The molecule has 4 nitrogen and oxygen atoms in total. The predicted octanol–water partition coefficient (Wildman–Crippen LogP) is 2.52. The van der Waals surface area contributed by atoms with Crippen LogP contribution >= 0.6 is 7.37 Å². The van der Waals surface area contributed by atoms with E-state index < -0.39 is 12.8 Å². The monoisotopic (exact) mass is 305 g/mol. The van der Waals surface area contributed by atoms with E-state index in [1.165, 1.54) is 0 Å². The zero-order valence-corrected chi connectivity index (χ0v) is 13.1. The molecule has 5 atom stereocenters. The fourth-order valence-electron chi connectivity index (χ4n) is 3.40. The van der Waals surface area contributed by atoms with Gasteiger partial charge in [-0.05, 0) is 25.0 Å². The second-order valence-electron chi connectivity index (χ2n) is 5.91. The number of nitriles is 1. The second kappa shape index (κ2) is 5.42. The summed E-state index contributed by atoms with van der Waals surface area (Å²) < 4.78 is 19.3. The van der Waals surface area contributed by atoms with E-state index in [9.17, 15) is 9.83 Å². The highest BCUT2D eigenvalue weighted by Gasteiger charge is 2.58. The SMILES string of the molecule is C[C@H]1C=C[C@H]2CO[P@@](=O)(c3ccccc3)[C@@H]2[C@@]1(C)C#N.O. The first-order valence-corrected chi connectivity index (χ1v) is 8.61. The van der Waals surface area contributed by atoms with Crippen molar-refractivity contribution in [1.82, 2.24) is 0 Å². The molecule has 112 valence electrons. The number of hydrogen-bond donors (Lipinski definition) is 0. The van der Waals surface area contributed by atoms with E-state index in [0.717, 1.165) is 5.30 Å². The molecule has 1 aliphatic carbocycles. The lowest BCUT2D eigenvalue weighted by atomic mass is 9.69. The fraction of sp³-hybridized carbons (Fsp3) is 0.438. The van der Waals surface area contributed by atoms with Gasteiger partial charge in [0.05, 0.1) is 23.8 Å². The minimum Gasteiger partial charge on any atom is -0.412 e. The smallest absolute Gasteiger partial charge is 0.237 e. The Hall–Kier alpha value is -1.40. The van der Waals surface area contributed by atoms with Crippen LogP contribution in [0.5, 0.6) is 0 Å². The van der Waals surface area contributed by atoms with Crippen molar-refractivity contribution in [3.8, 4) is 6.07 Å². The minimum absolute atomic E-state index is 0. The minimum atomic E-state index is -3.00. The third-order valence-corrected chi connectivity index (χ3v) is 8.00. The summed E-state index contributed by atoms with van der Waals surface area (Å²) in [7, 11) is -3.00. The van der Waals surface area contributed by atoms with Gasteiger partial charge in [-0.1, -0.05) is 37.3 Å². The normalized spacial score (nSPS) is 40.9. The van der Waals surface area contributed by atoms with Gasteiger partial charge >= 0.3 is 0 Å². The van der Waals surface area contributed by atoms with Crippen LogP contribution in [0.1, 0.15) is 13.8 Å². The molecule has 0 aromatic heterocycles. The summed E-state index contributed by atoms with van der Waals surface area (Å²) in [5, 5.41) is 10.4. The second-order valence-corrected chi connectivity index (χ2v) is 8.43.